The van der Waals surface area contributed by atoms with Gasteiger partial charge in [0.15, 0.2) is 0 Å². The number of benzene rings is 1. The van der Waals surface area contributed by atoms with Crippen LogP contribution in [-0.2, 0) is 11.3 Å². The Morgan fingerprint density at radius 2 is 1.90 bits per heavy atom. The smallest absolute Gasteiger partial charge is 0.270 e. The minimum absolute atomic E-state index is 0.0966. The number of carbonyl (C=O) groups is 1. The molecule has 3 heterocycles. The number of fused-ring (bicyclic) bond motifs is 3. The molecule has 2 aromatic rings. The summed E-state index contributed by atoms with van der Waals surface area (Å²) in [6.45, 7) is 9.55. The summed E-state index contributed by atoms with van der Waals surface area (Å²) in [4.78, 5) is 17.4. The molecule has 0 aliphatic carbocycles. The lowest BCUT2D eigenvalue weighted by atomic mass is 10.1. The van der Waals surface area contributed by atoms with Gasteiger partial charge in [-0.3, -0.25) is 4.79 Å². The van der Waals surface area contributed by atoms with Crippen LogP contribution < -0.4 is 4.74 Å². The van der Waals surface area contributed by atoms with E-state index < -0.39 is 0 Å². The number of nitrogens with zero attached hydrogens (tertiary/aromatic N) is 3. The molecule has 0 saturated carbocycles. The second-order valence-corrected chi connectivity index (χ2v) is 8.49. The van der Waals surface area contributed by atoms with Crippen LogP contribution in [0.5, 0.6) is 5.75 Å². The molecule has 0 N–H and O–H groups in total. The number of piperidine rings is 1. The number of hydrogen-bond acceptors (Lipinski definition) is 4. The van der Waals surface area contributed by atoms with E-state index in [1.807, 2.05) is 11.0 Å². The van der Waals surface area contributed by atoms with Gasteiger partial charge < -0.3 is 23.8 Å². The maximum Gasteiger partial charge on any atom is 0.270 e. The first kappa shape index (κ1) is 20.2. The molecule has 0 unspecified atom stereocenters. The summed E-state index contributed by atoms with van der Waals surface area (Å²) in [7, 11) is 1.67. The molecular formula is C23H33N3O3. The molecule has 1 fully saturated rings. The largest absolute Gasteiger partial charge is 0.490 e. The first-order valence-corrected chi connectivity index (χ1v) is 10.9. The minimum atomic E-state index is 0.0966. The van der Waals surface area contributed by atoms with Crippen molar-refractivity contribution in [2.45, 2.75) is 51.8 Å². The van der Waals surface area contributed by atoms with Gasteiger partial charge in [0.2, 0.25) is 0 Å². The van der Waals surface area contributed by atoms with Crippen molar-refractivity contribution in [2.75, 3.05) is 39.9 Å². The van der Waals surface area contributed by atoms with E-state index in [4.69, 9.17) is 9.47 Å². The molecule has 29 heavy (non-hydrogen) atoms. The van der Waals surface area contributed by atoms with Crippen molar-refractivity contribution in [2.24, 2.45) is 0 Å². The van der Waals surface area contributed by atoms with Crippen molar-refractivity contribution >= 4 is 16.8 Å². The Morgan fingerprint density at radius 3 is 2.62 bits per heavy atom. The number of ether oxygens (including phenoxy) is 2. The number of aromatic nitrogens is 1. The van der Waals surface area contributed by atoms with Crippen molar-refractivity contribution < 1.29 is 14.3 Å². The van der Waals surface area contributed by atoms with Gasteiger partial charge >= 0.3 is 0 Å². The van der Waals surface area contributed by atoms with Gasteiger partial charge in [0, 0.05) is 56.8 Å². The first-order chi connectivity index (χ1) is 14.1. The van der Waals surface area contributed by atoms with Crippen LogP contribution in [0.3, 0.4) is 0 Å². The van der Waals surface area contributed by atoms with Crippen LogP contribution in [0, 0.1) is 0 Å². The zero-order chi connectivity index (χ0) is 20.4. The Labute approximate surface area is 173 Å². The fourth-order valence-electron chi connectivity index (χ4n) is 4.54. The molecular weight excluding hydrogens is 366 g/mol. The van der Waals surface area contributed by atoms with Gasteiger partial charge in [-0.15, -0.1) is 0 Å². The van der Waals surface area contributed by atoms with Crippen LogP contribution in [0.15, 0.2) is 24.3 Å². The second-order valence-electron chi connectivity index (χ2n) is 8.49. The van der Waals surface area contributed by atoms with Gasteiger partial charge in [0.05, 0.1) is 6.61 Å². The topological polar surface area (TPSA) is 46.9 Å². The third kappa shape index (κ3) is 4.28. The normalized spacial score (nSPS) is 19.0. The Kier molecular flexibility index (Phi) is 6.11. The molecule has 6 nitrogen and oxygen atoms in total. The number of amides is 1. The van der Waals surface area contributed by atoms with E-state index in [1.54, 1.807) is 7.11 Å². The summed E-state index contributed by atoms with van der Waals surface area (Å²) in [5.41, 5.74) is 1.89. The predicted molar refractivity (Wildman–Crippen MR) is 115 cm³/mol. The minimum Gasteiger partial charge on any atom is -0.490 e. The van der Waals surface area contributed by atoms with E-state index in [0.717, 1.165) is 67.8 Å². The number of hydrogen-bond donors (Lipinski definition) is 0. The van der Waals surface area contributed by atoms with E-state index in [-0.39, 0.29) is 12.0 Å². The number of aryl methyl sites for hydroxylation is 1. The molecule has 6 heteroatoms. The molecule has 2 aliphatic heterocycles. The summed E-state index contributed by atoms with van der Waals surface area (Å²) < 4.78 is 13.6. The van der Waals surface area contributed by atoms with E-state index >= 15 is 0 Å². The Bertz CT molecular complexity index is 852. The van der Waals surface area contributed by atoms with Crippen LogP contribution in [0.1, 0.15) is 43.6 Å². The molecule has 1 saturated heterocycles. The Morgan fingerprint density at radius 1 is 1.10 bits per heavy atom. The van der Waals surface area contributed by atoms with Crippen molar-refractivity contribution in [3.05, 3.63) is 30.0 Å². The fourth-order valence-corrected chi connectivity index (χ4v) is 4.54. The Balaban J connectivity index is 1.50. The maximum atomic E-state index is 13.0. The van der Waals surface area contributed by atoms with Crippen molar-refractivity contribution in [3.63, 3.8) is 0 Å². The van der Waals surface area contributed by atoms with Gasteiger partial charge in [-0.05, 0) is 57.4 Å². The lowest BCUT2D eigenvalue weighted by molar-refractivity contribution is 0.0699. The Hall–Kier alpha value is -2.05. The number of carbonyl (C=O) groups excluding carboxylic acids is 1. The van der Waals surface area contributed by atoms with Crippen LogP contribution in [0.2, 0.25) is 0 Å². The number of rotatable bonds is 6. The predicted octanol–water partition coefficient (Wildman–Crippen LogP) is 3.39. The highest BCUT2D eigenvalue weighted by Gasteiger charge is 2.25. The molecule has 4 rings (SSSR count). The molecule has 1 amide bonds. The van der Waals surface area contributed by atoms with E-state index in [9.17, 15) is 4.79 Å². The van der Waals surface area contributed by atoms with Crippen LogP contribution in [-0.4, -0.2) is 72.3 Å². The summed E-state index contributed by atoms with van der Waals surface area (Å²) in [6, 6.07) is 8.89. The summed E-state index contributed by atoms with van der Waals surface area (Å²) in [5, 5.41) is 1.08. The molecule has 0 bridgehead atoms. The molecule has 1 aromatic heterocycles. The average Bonchev–Trinajstić information content (AvgIpc) is 3.00. The van der Waals surface area contributed by atoms with E-state index in [1.165, 1.54) is 0 Å². The molecule has 0 atom stereocenters. The van der Waals surface area contributed by atoms with Crippen molar-refractivity contribution in [3.8, 4) is 5.75 Å². The molecule has 158 valence electrons. The molecule has 0 spiro atoms. The van der Waals surface area contributed by atoms with E-state index in [0.29, 0.717) is 19.2 Å². The summed E-state index contributed by atoms with van der Waals surface area (Å²) in [6.07, 6.45) is 3.36. The lowest BCUT2D eigenvalue weighted by Gasteiger charge is -2.34. The fraction of sp³-hybridized carbons (Fsp3) is 0.609. The van der Waals surface area contributed by atoms with Crippen LogP contribution in [0.4, 0.5) is 0 Å². The van der Waals surface area contributed by atoms with Crippen molar-refractivity contribution in [1.82, 2.24) is 14.4 Å². The molecule has 0 radical (unpaired) electrons. The van der Waals surface area contributed by atoms with Gasteiger partial charge in [-0.2, -0.15) is 0 Å². The zero-order valence-electron chi connectivity index (χ0n) is 17.9. The average molecular weight is 400 g/mol. The standard InChI is InChI=1S/C23H33N3O3/c1-17(2)24-11-7-19(8-12-24)29-20-5-6-21-18(15-20)16-22-23(27)25(13-14-28-3)9-4-10-26(21)22/h5-6,15-17,19H,4,7-14H2,1-3H3. The van der Waals surface area contributed by atoms with Crippen LogP contribution in [0.25, 0.3) is 10.9 Å². The SMILES string of the molecule is COCCN1CCCn2c(cc3cc(OC4CCN(C(C)C)CC4)ccc32)C1=O. The van der Waals surface area contributed by atoms with Crippen molar-refractivity contribution in [1.29, 1.82) is 0 Å². The monoisotopic (exact) mass is 399 g/mol. The maximum absolute atomic E-state index is 13.0. The highest BCUT2D eigenvalue weighted by atomic mass is 16.5. The third-order valence-corrected chi connectivity index (χ3v) is 6.26. The highest BCUT2D eigenvalue weighted by molar-refractivity contribution is 5.99. The lowest BCUT2D eigenvalue weighted by Crippen LogP contribution is -2.41. The van der Waals surface area contributed by atoms with Gasteiger partial charge in [0.1, 0.15) is 17.5 Å². The van der Waals surface area contributed by atoms with E-state index in [2.05, 4.69) is 41.5 Å². The number of likely N-dealkylation sites (tertiary alicyclic amines) is 1. The van der Waals surface area contributed by atoms with Crippen LogP contribution >= 0.6 is 0 Å². The highest BCUT2D eigenvalue weighted by Crippen LogP contribution is 2.29. The first-order valence-electron chi connectivity index (χ1n) is 10.9. The quantitative estimate of drug-likeness (QED) is 0.747. The van der Waals surface area contributed by atoms with Gasteiger partial charge in [-0.1, -0.05) is 0 Å². The summed E-state index contributed by atoms with van der Waals surface area (Å²) in [5.74, 6) is 1.00. The second kappa shape index (κ2) is 8.76. The molecule has 2 aliphatic rings. The van der Waals surface area contributed by atoms with Gasteiger partial charge in [-0.25, -0.2) is 0 Å². The molecule has 1 aromatic carbocycles. The number of methoxy groups -OCH3 is 1. The van der Waals surface area contributed by atoms with Gasteiger partial charge in [0.25, 0.3) is 5.91 Å². The summed E-state index contributed by atoms with van der Waals surface area (Å²) >= 11 is 0. The third-order valence-electron chi connectivity index (χ3n) is 6.26. The zero-order valence-corrected chi connectivity index (χ0v) is 17.9.